The second-order valence-corrected chi connectivity index (χ2v) is 6.93. The molecule has 0 aliphatic carbocycles. The summed E-state index contributed by atoms with van der Waals surface area (Å²) in [7, 11) is 0. The minimum Gasteiger partial charge on any atom is -0.312 e. The minimum absolute atomic E-state index is 0.280. The molecule has 0 saturated carbocycles. The van der Waals surface area contributed by atoms with Gasteiger partial charge in [0.25, 0.3) is 0 Å². The molecule has 0 bridgehead atoms. The Hall–Kier alpha value is -0.0800. The van der Waals surface area contributed by atoms with Gasteiger partial charge in [-0.15, -0.1) is 0 Å². The van der Waals surface area contributed by atoms with Crippen molar-refractivity contribution in [2.45, 2.75) is 71.8 Å². The van der Waals surface area contributed by atoms with Crippen molar-refractivity contribution in [3.8, 4) is 0 Å². The normalized spacial score (nSPS) is 19.3. The first kappa shape index (κ1) is 16.0. The van der Waals surface area contributed by atoms with Crippen LogP contribution < -0.4 is 5.32 Å². The fourth-order valence-corrected chi connectivity index (χ4v) is 2.72. The number of piperidine rings is 1. The molecule has 0 aromatic carbocycles. The first-order valence-corrected chi connectivity index (χ1v) is 7.98. The van der Waals surface area contributed by atoms with Crippen molar-refractivity contribution >= 4 is 0 Å². The topological polar surface area (TPSA) is 15.3 Å². The highest BCUT2D eigenvalue weighted by Crippen LogP contribution is 2.20. The molecule has 2 heteroatoms. The average molecular weight is 254 g/mol. The summed E-state index contributed by atoms with van der Waals surface area (Å²) in [5, 5.41) is 3.56. The van der Waals surface area contributed by atoms with Gasteiger partial charge in [0.05, 0.1) is 0 Å². The van der Waals surface area contributed by atoms with Gasteiger partial charge >= 0.3 is 0 Å². The second kappa shape index (κ2) is 8.16. The van der Waals surface area contributed by atoms with Gasteiger partial charge in [0.1, 0.15) is 0 Å². The molecule has 0 atom stereocenters. The van der Waals surface area contributed by atoms with Gasteiger partial charge in [0.2, 0.25) is 0 Å². The van der Waals surface area contributed by atoms with Gasteiger partial charge in [0.15, 0.2) is 0 Å². The first-order valence-electron chi connectivity index (χ1n) is 7.98. The third-order valence-corrected chi connectivity index (χ3v) is 4.09. The van der Waals surface area contributed by atoms with Crippen LogP contribution in [-0.4, -0.2) is 36.6 Å². The van der Waals surface area contributed by atoms with Crippen molar-refractivity contribution in [1.29, 1.82) is 0 Å². The number of nitrogens with one attached hydrogen (secondary N) is 1. The van der Waals surface area contributed by atoms with Crippen LogP contribution >= 0.6 is 0 Å². The summed E-state index contributed by atoms with van der Waals surface area (Å²) in [4.78, 5) is 2.67. The van der Waals surface area contributed by atoms with Crippen LogP contribution in [-0.2, 0) is 0 Å². The van der Waals surface area contributed by atoms with Crippen molar-refractivity contribution in [2.75, 3.05) is 26.2 Å². The molecular formula is C16H34N2. The third-order valence-electron chi connectivity index (χ3n) is 4.09. The highest BCUT2D eigenvalue weighted by atomic mass is 15.1. The molecule has 18 heavy (non-hydrogen) atoms. The quantitative estimate of drug-likeness (QED) is 0.697. The fourth-order valence-electron chi connectivity index (χ4n) is 2.72. The Bertz CT molecular complexity index is 200. The zero-order chi connectivity index (χ0) is 13.4. The number of nitrogens with zero attached hydrogens (tertiary/aromatic N) is 1. The van der Waals surface area contributed by atoms with Crippen molar-refractivity contribution < 1.29 is 0 Å². The highest BCUT2D eigenvalue weighted by molar-refractivity contribution is 4.72. The monoisotopic (exact) mass is 254 g/mol. The summed E-state index contributed by atoms with van der Waals surface area (Å²) in [6, 6.07) is 0. The van der Waals surface area contributed by atoms with Crippen LogP contribution in [0.2, 0.25) is 0 Å². The number of rotatable bonds is 7. The van der Waals surface area contributed by atoms with E-state index in [0.717, 1.165) is 5.92 Å². The Balaban J connectivity index is 1.93. The predicted octanol–water partition coefficient (Wildman–Crippen LogP) is 3.67. The summed E-state index contributed by atoms with van der Waals surface area (Å²) in [5.41, 5.74) is 0.280. The van der Waals surface area contributed by atoms with Crippen LogP contribution in [0.5, 0.6) is 0 Å². The molecule has 0 aromatic rings. The van der Waals surface area contributed by atoms with E-state index in [2.05, 4.69) is 37.9 Å². The molecular weight excluding hydrogens is 220 g/mol. The fraction of sp³-hybridized carbons (Fsp3) is 1.00. The molecule has 0 radical (unpaired) electrons. The minimum atomic E-state index is 0.280. The number of hydrogen-bond acceptors (Lipinski definition) is 2. The molecule has 1 N–H and O–H groups in total. The van der Waals surface area contributed by atoms with Crippen LogP contribution in [0.4, 0.5) is 0 Å². The van der Waals surface area contributed by atoms with Crippen molar-refractivity contribution in [2.24, 2.45) is 5.92 Å². The van der Waals surface area contributed by atoms with Gasteiger partial charge in [-0.3, -0.25) is 0 Å². The molecule has 1 fully saturated rings. The van der Waals surface area contributed by atoms with Gasteiger partial charge in [-0.05, 0) is 78.6 Å². The Morgan fingerprint density at radius 1 is 1.06 bits per heavy atom. The maximum absolute atomic E-state index is 3.56. The largest absolute Gasteiger partial charge is 0.312 e. The lowest BCUT2D eigenvalue weighted by atomic mass is 9.94. The number of hydrogen-bond donors (Lipinski definition) is 1. The molecule has 2 nitrogen and oxygen atoms in total. The summed E-state index contributed by atoms with van der Waals surface area (Å²) in [6.07, 6.45) is 8.32. The van der Waals surface area contributed by atoms with E-state index in [1.54, 1.807) is 0 Å². The molecule has 1 heterocycles. The Morgan fingerprint density at radius 3 is 2.28 bits per heavy atom. The van der Waals surface area contributed by atoms with Crippen molar-refractivity contribution in [3.63, 3.8) is 0 Å². The van der Waals surface area contributed by atoms with E-state index < -0.39 is 0 Å². The highest BCUT2D eigenvalue weighted by Gasteiger charge is 2.16. The van der Waals surface area contributed by atoms with Crippen molar-refractivity contribution in [1.82, 2.24) is 10.2 Å². The molecule has 1 aliphatic heterocycles. The number of unbranched alkanes of at least 4 members (excludes halogenated alkanes) is 2. The Kier molecular flexibility index (Phi) is 7.25. The van der Waals surface area contributed by atoms with Gasteiger partial charge < -0.3 is 10.2 Å². The average Bonchev–Trinajstić information content (AvgIpc) is 2.33. The first-order chi connectivity index (χ1) is 8.51. The van der Waals surface area contributed by atoms with E-state index in [9.17, 15) is 0 Å². The second-order valence-electron chi connectivity index (χ2n) is 6.93. The van der Waals surface area contributed by atoms with E-state index in [1.165, 1.54) is 64.7 Å². The zero-order valence-corrected chi connectivity index (χ0v) is 13.1. The number of likely N-dealkylation sites (tertiary alicyclic amines) is 1. The molecule has 0 spiro atoms. The van der Waals surface area contributed by atoms with Gasteiger partial charge in [0, 0.05) is 5.54 Å². The van der Waals surface area contributed by atoms with E-state index >= 15 is 0 Å². The molecule has 1 saturated heterocycles. The molecule has 0 unspecified atom stereocenters. The zero-order valence-electron chi connectivity index (χ0n) is 13.1. The summed E-state index contributed by atoms with van der Waals surface area (Å²) >= 11 is 0. The Morgan fingerprint density at radius 2 is 1.72 bits per heavy atom. The van der Waals surface area contributed by atoms with Gasteiger partial charge in [-0.25, -0.2) is 0 Å². The van der Waals surface area contributed by atoms with E-state index in [4.69, 9.17) is 0 Å². The summed E-state index contributed by atoms with van der Waals surface area (Å²) in [5.74, 6) is 1.01. The van der Waals surface area contributed by atoms with E-state index in [0.29, 0.717) is 0 Å². The van der Waals surface area contributed by atoms with Crippen molar-refractivity contribution in [3.05, 3.63) is 0 Å². The molecule has 0 amide bonds. The van der Waals surface area contributed by atoms with E-state index in [1.807, 2.05) is 0 Å². The van der Waals surface area contributed by atoms with Gasteiger partial charge in [-0.1, -0.05) is 19.8 Å². The van der Waals surface area contributed by atoms with Crippen LogP contribution in [0.25, 0.3) is 0 Å². The van der Waals surface area contributed by atoms with Gasteiger partial charge in [-0.2, -0.15) is 0 Å². The molecule has 1 aliphatic rings. The smallest absolute Gasteiger partial charge is 0.00965 e. The predicted molar refractivity (Wildman–Crippen MR) is 81.1 cm³/mol. The molecule has 108 valence electrons. The molecule has 1 rings (SSSR count). The van der Waals surface area contributed by atoms with E-state index in [-0.39, 0.29) is 5.54 Å². The lowest BCUT2D eigenvalue weighted by Crippen LogP contribution is -2.36. The Labute approximate surface area is 115 Å². The standard InChI is InChI=1S/C16H34N2/c1-5-15-9-13-18(14-10-15)12-8-6-7-11-17-16(2,3)4/h15,17H,5-14H2,1-4H3. The summed E-state index contributed by atoms with van der Waals surface area (Å²) in [6.45, 7) is 14.2. The van der Waals surface area contributed by atoms with Crippen LogP contribution in [0, 0.1) is 5.92 Å². The third kappa shape index (κ3) is 7.38. The lowest BCUT2D eigenvalue weighted by Gasteiger charge is -2.31. The lowest BCUT2D eigenvalue weighted by molar-refractivity contribution is 0.179. The maximum atomic E-state index is 3.56. The SMILES string of the molecule is CCC1CCN(CCCCCNC(C)(C)C)CC1. The van der Waals surface area contributed by atoms with Crippen LogP contribution in [0.1, 0.15) is 66.2 Å². The van der Waals surface area contributed by atoms with Crippen LogP contribution in [0.15, 0.2) is 0 Å². The maximum Gasteiger partial charge on any atom is 0.00965 e. The van der Waals surface area contributed by atoms with Crippen LogP contribution in [0.3, 0.4) is 0 Å². The molecule has 0 aromatic heterocycles. The summed E-state index contributed by atoms with van der Waals surface area (Å²) < 4.78 is 0.